The van der Waals surface area contributed by atoms with Crippen LogP contribution in [-0.2, 0) is 4.79 Å². The molecule has 0 heterocycles. The Labute approximate surface area is 130 Å². The molecule has 0 atom stereocenters. The van der Waals surface area contributed by atoms with Crippen LogP contribution < -0.4 is 9.64 Å². The number of amides is 1. The molecule has 0 aliphatic carbocycles. The monoisotopic (exact) mass is 301 g/mol. The molecule has 0 N–H and O–H groups in total. The lowest BCUT2D eigenvalue weighted by Crippen LogP contribution is -2.34. The number of carbonyl (C=O) groups excluding carboxylic acids is 1. The molecule has 2 aromatic rings. The second-order valence-corrected chi connectivity index (χ2v) is 5.17. The molecule has 0 aromatic heterocycles. The van der Waals surface area contributed by atoms with Gasteiger partial charge >= 0.3 is 0 Å². The Hall–Kier alpha value is -2.36. The van der Waals surface area contributed by atoms with Crippen LogP contribution in [0.15, 0.2) is 42.5 Å². The van der Waals surface area contributed by atoms with E-state index >= 15 is 0 Å². The number of hydrogen-bond donors (Lipinski definition) is 0. The SMILES string of the molecule is CCN(C(=O)COc1ccc(C)cc1C)c1ccc(F)cc1. The van der Waals surface area contributed by atoms with E-state index in [0.717, 1.165) is 11.1 Å². The van der Waals surface area contributed by atoms with Gasteiger partial charge in [0.05, 0.1) is 0 Å². The summed E-state index contributed by atoms with van der Waals surface area (Å²) in [4.78, 5) is 13.9. The van der Waals surface area contributed by atoms with Crippen LogP contribution in [-0.4, -0.2) is 19.1 Å². The van der Waals surface area contributed by atoms with Crippen molar-refractivity contribution in [2.75, 3.05) is 18.1 Å². The molecule has 4 heteroatoms. The van der Waals surface area contributed by atoms with E-state index in [2.05, 4.69) is 0 Å². The van der Waals surface area contributed by atoms with E-state index in [1.165, 1.54) is 12.1 Å². The molecule has 0 saturated carbocycles. The third kappa shape index (κ3) is 3.85. The first kappa shape index (κ1) is 16.0. The van der Waals surface area contributed by atoms with Crippen molar-refractivity contribution in [2.24, 2.45) is 0 Å². The van der Waals surface area contributed by atoms with Gasteiger partial charge in [-0.1, -0.05) is 17.7 Å². The lowest BCUT2D eigenvalue weighted by molar-refractivity contribution is -0.120. The second kappa shape index (κ2) is 7.07. The predicted molar refractivity (Wildman–Crippen MR) is 85.8 cm³/mol. The minimum Gasteiger partial charge on any atom is -0.483 e. The molecule has 0 unspecified atom stereocenters. The Bertz CT molecular complexity index is 653. The number of nitrogens with zero attached hydrogens (tertiary/aromatic N) is 1. The molecule has 2 rings (SSSR count). The number of aryl methyl sites for hydroxylation is 2. The summed E-state index contributed by atoms with van der Waals surface area (Å²) in [5, 5.41) is 0. The Morgan fingerprint density at radius 3 is 2.41 bits per heavy atom. The highest BCUT2D eigenvalue weighted by Crippen LogP contribution is 2.20. The van der Waals surface area contributed by atoms with Gasteiger partial charge in [0.1, 0.15) is 11.6 Å². The largest absolute Gasteiger partial charge is 0.483 e. The van der Waals surface area contributed by atoms with Gasteiger partial charge < -0.3 is 9.64 Å². The Morgan fingerprint density at radius 2 is 1.82 bits per heavy atom. The highest BCUT2D eigenvalue weighted by atomic mass is 19.1. The average Bonchev–Trinajstić information content (AvgIpc) is 2.49. The van der Waals surface area contributed by atoms with E-state index in [4.69, 9.17) is 4.74 Å². The van der Waals surface area contributed by atoms with Gasteiger partial charge in [-0.3, -0.25) is 4.79 Å². The average molecular weight is 301 g/mol. The minimum atomic E-state index is -0.321. The van der Waals surface area contributed by atoms with Gasteiger partial charge in [0.15, 0.2) is 6.61 Å². The summed E-state index contributed by atoms with van der Waals surface area (Å²) in [6.45, 7) is 6.29. The third-order valence-corrected chi connectivity index (χ3v) is 3.44. The first-order chi connectivity index (χ1) is 10.5. The number of anilines is 1. The van der Waals surface area contributed by atoms with Crippen LogP contribution in [0.5, 0.6) is 5.75 Å². The maximum absolute atomic E-state index is 13.0. The third-order valence-electron chi connectivity index (χ3n) is 3.44. The van der Waals surface area contributed by atoms with Crippen LogP contribution in [0.1, 0.15) is 18.1 Å². The van der Waals surface area contributed by atoms with Crippen molar-refractivity contribution >= 4 is 11.6 Å². The van der Waals surface area contributed by atoms with Crippen LogP contribution >= 0.6 is 0 Å². The van der Waals surface area contributed by atoms with Crippen molar-refractivity contribution in [3.05, 3.63) is 59.4 Å². The summed E-state index contributed by atoms with van der Waals surface area (Å²) in [6, 6.07) is 11.7. The molecule has 0 spiro atoms. The van der Waals surface area contributed by atoms with Crippen molar-refractivity contribution in [3.8, 4) is 5.75 Å². The lowest BCUT2D eigenvalue weighted by Gasteiger charge is -2.21. The number of benzene rings is 2. The highest BCUT2D eigenvalue weighted by molar-refractivity contribution is 5.94. The van der Waals surface area contributed by atoms with Crippen molar-refractivity contribution in [3.63, 3.8) is 0 Å². The number of ether oxygens (including phenoxy) is 1. The van der Waals surface area contributed by atoms with Gasteiger partial charge in [-0.25, -0.2) is 4.39 Å². The summed E-state index contributed by atoms with van der Waals surface area (Å²) in [5.41, 5.74) is 2.81. The standard InChI is InChI=1S/C18H20FNO2/c1-4-20(16-8-6-15(19)7-9-16)18(21)12-22-17-10-5-13(2)11-14(17)3/h5-11H,4,12H2,1-3H3. The number of carbonyl (C=O) groups is 1. The maximum Gasteiger partial charge on any atom is 0.264 e. The quantitative estimate of drug-likeness (QED) is 0.839. The van der Waals surface area contributed by atoms with E-state index in [-0.39, 0.29) is 18.3 Å². The number of likely N-dealkylation sites (N-methyl/N-ethyl adjacent to an activating group) is 1. The van der Waals surface area contributed by atoms with Gasteiger partial charge in [-0.15, -0.1) is 0 Å². The van der Waals surface area contributed by atoms with Crippen molar-refractivity contribution < 1.29 is 13.9 Å². The minimum absolute atomic E-state index is 0.0465. The van der Waals surface area contributed by atoms with Gasteiger partial charge in [0.2, 0.25) is 0 Å². The fourth-order valence-corrected chi connectivity index (χ4v) is 2.30. The molecule has 116 valence electrons. The Morgan fingerprint density at radius 1 is 1.14 bits per heavy atom. The van der Waals surface area contributed by atoms with Crippen LogP contribution in [0.25, 0.3) is 0 Å². The molecular formula is C18H20FNO2. The summed E-state index contributed by atoms with van der Waals surface area (Å²) < 4.78 is 18.6. The summed E-state index contributed by atoms with van der Waals surface area (Å²) in [6.07, 6.45) is 0. The molecular weight excluding hydrogens is 281 g/mol. The molecule has 0 bridgehead atoms. The summed E-state index contributed by atoms with van der Waals surface area (Å²) >= 11 is 0. The molecule has 1 amide bonds. The van der Waals surface area contributed by atoms with Crippen LogP contribution in [0.3, 0.4) is 0 Å². The molecule has 0 aliphatic heterocycles. The van der Waals surface area contributed by atoms with E-state index in [0.29, 0.717) is 18.0 Å². The summed E-state index contributed by atoms with van der Waals surface area (Å²) in [7, 11) is 0. The smallest absolute Gasteiger partial charge is 0.264 e. The molecule has 22 heavy (non-hydrogen) atoms. The van der Waals surface area contributed by atoms with Gasteiger partial charge in [-0.2, -0.15) is 0 Å². The lowest BCUT2D eigenvalue weighted by atomic mass is 10.1. The molecule has 2 aromatic carbocycles. The van der Waals surface area contributed by atoms with Crippen molar-refractivity contribution in [1.29, 1.82) is 0 Å². The fourth-order valence-electron chi connectivity index (χ4n) is 2.30. The van der Waals surface area contributed by atoms with E-state index in [9.17, 15) is 9.18 Å². The normalized spacial score (nSPS) is 10.4. The van der Waals surface area contributed by atoms with E-state index < -0.39 is 0 Å². The zero-order chi connectivity index (χ0) is 16.1. The number of halogens is 1. The first-order valence-electron chi connectivity index (χ1n) is 7.27. The zero-order valence-electron chi connectivity index (χ0n) is 13.1. The van der Waals surface area contributed by atoms with Crippen LogP contribution in [0.4, 0.5) is 10.1 Å². The van der Waals surface area contributed by atoms with E-state index in [1.807, 2.05) is 39.0 Å². The molecule has 0 saturated heterocycles. The van der Waals surface area contributed by atoms with Crippen LogP contribution in [0, 0.1) is 19.7 Å². The first-order valence-corrected chi connectivity index (χ1v) is 7.27. The Kier molecular flexibility index (Phi) is 5.15. The topological polar surface area (TPSA) is 29.5 Å². The number of rotatable bonds is 5. The molecule has 0 fully saturated rings. The van der Waals surface area contributed by atoms with Crippen molar-refractivity contribution in [1.82, 2.24) is 0 Å². The van der Waals surface area contributed by atoms with Crippen LogP contribution in [0.2, 0.25) is 0 Å². The van der Waals surface area contributed by atoms with Gasteiger partial charge in [-0.05, 0) is 56.7 Å². The van der Waals surface area contributed by atoms with E-state index in [1.54, 1.807) is 17.0 Å². The van der Waals surface area contributed by atoms with Gasteiger partial charge in [0.25, 0.3) is 5.91 Å². The zero-order valence-corrected chi connectivity index (χ0v) is 13.1. The fraction of sp³-hybridized carbons (Fsp3) is 0.278. The molecule has 0 aliphatic rings. The number of hydrogen-bond acceptors (Lipinski definition) is 2. The predicted octanol–water partition coefficient (Wildman–Crippen LogP) is 3.87. The Balaban J connectivity index is 2.05. The maximum atomic E-state index is 13.0. The van der Waals surface area contributed by atoms with Gasteiger partial charge in [0, 0.05) is 12.2 Å². The van der Waals surface area contributed by atoms with Crippen molar-refractivity contribution in [2.45, 2.75) is 20.8 Å². The molecule has 0 radical (unpaired) electrons. The summed E-state index contributed by atoms with van der Waals surface area (Å²) in [5.74, 6) is 0.224. The second-order valence-electron chi connectivity index (χ2n) is 5.17. The highest BCUT2D eigenvalue weighted by Gasteiger charge is 2.15. The molecule has 3 nitrogen and oxygen atoms in total.